The minimum absolute atomic E-state index is 0.0877. The molecule has 1 aromatic heterocycles. The van der Waals surface area contributed by atoms with E-state index in [9.17, 15) is 14.4 Å². The number of hydrazine groups is 1. The van der Waals surface area contributed by atoms with Crippen LogP contribution in [-0.2, 0) is 22.6 Å². The summed E-state index contributed by atoms with van der Waals surface area (Å²) in [4.78, 5) is 35.5. The fraction of sp³-hybridized carbons (Fsp3) is 0.211. The maximum atomic E-state index is 12.1. The Bertz CT molecular complexity index is 1000. The van der Waals surface area contributed by atoms with Crippen molar-refractivity contribution < 1.29 is 9.59 Å². The summed E-state index contributed by atoms with van der Waals surface area (Å²) in [6.07, 6.45) is 0.288. The van der Waals surface area contributed by atoms with Gasteiger partial charge in [0.25, 0.3) is 0 Å². The van der Waals surface area contributed by atoms with Crippen LogP contribution in [0.3, 0.4) is 0 Å². The van der Waals surface area contributed by atoms with Crippen LogP contribution in [0.1, 0.15) is 17.7 Å². The molecular formula is C19H19N3O3S. The van der Waals surface area contributed by atoms with Crippen LogP contribution in [-0.4, -0.2) is 16.4 Å². The van der Waals surface area contributed by atoms with Gasteiger partial charge in [-0.2, -0.15) is 0 Å². The van der Waals surface area contributed by atoms with Gasteiger partial charge in [0.2, 0.25) is 11.8 Å². The van der Waals surface area contributed by atoms with Crippen LogP contribution < -0.4 is 15.7 Å². The van der Waals surface area contributed by atoms with E-state index in [0.717, 1.165) is 33.4 Å². The maximum absolute atomic E-state index is 12.1. The fourth-order valence-electron chi connectivity index (χ4n) is 2.75. The predicted molar refractivity (Wildman–Crippen MR) is 102 cm³/mol. The van der Waals surface area contributed by atoms with Crippen molar-refractivity contribution in [3.63, 3.8) is 0 Å². The molecule has 0 aliphatic rings. The third-order valence-corrected chi connectivity index (χ3v) is 4.99. The molecule has 0 bridgehead atoms. The van der Waals surface area contributed by atoms with Crippen LogP contribution in [0, 0.1) is 6.92 Å². The number of rotatable bonds is 5. The Morgan fingerprint density at radius 2 is 1.77 bits per heavy atom. The van der Waals surface area contributed by atoms with E-state index in [0.29, 0.717) is 6.54 Å². The molecule has 26 heavy (non-hydrogen) atoms. The van der Waals surface area contributed by atoms with E-state index in [4.69, 9.17) is 0 Å². The number of benzene rings is 2. The number of fused-ring (bicyclic) bond motifs is 1. The smallest absolute Gasteiger partial charge is 0.303 e. The molecule has 2 amide bonds. The largest absolute Gasteiger partial charge is 0.307 e. The number of amides is 2. The monoisotopic (exact) mass is 369 g/mol. The van der Waals surface area contributed by atoms with Gasteiger partial charge in [0.15, 0.2) is 0 Å². The summed E-state index contributed by atoms with van der Waals surface area (Å²) in [6, 6.07) is 13.6. The van der Waals surface area contributed by atoms with Crippen LogP contribution in [0.15, 0.2) is 52.6 Å². The third-order valence-electron chi connectivity index (χ3n) is 4.11. The van der Waals surface area contributed by atoms with Gasteiger partial charge in [0.1, 0.15) is 0 Å². The molecule has 0 fully saturated rings. The second-order valence-electron chi connectivity index (χ2n) is 5.96. The van der Waals surface area contributed by atoms with E-state index in [2.05, 4.69) is 10.9 Å². The van der Waals surface area contributed by atoms with Gasteiger partial charge in [-0.3, -0.25) is 25.2 Å². The minimum Gasteiger partial charge on any atom is -0.303 e. The summed E-state index contributed by atoms with van der Waals surface area (Å²) in [5.41, 5.74) is 6.56. The molecule has 2 N–H and O–H groups in total. The van der Waals surface area contributed by atoms with E-state index in [1.54, 1.807) is 9.95 Å². The minimum atomic E-state index is -0.339. The lowest BCUT2D eigenvalue weighted by molar-refractivity contribution is -0.128. The van der Waals surface area contributed by atoms with Gasteiger partial charge in [-0.15, -0.1) is 0 Å². The second kappa shape index (κ2) is 7.97. The Balaban J connectivity index is 1.52. The summed E-state index contributed by atoms with van der Waals surface area (Å²) >= 11 is 1.11. The first-order valence-corrected chi connectivity index (χ1v) is 9.12. The number of thiazole rings is 1. The molecule has 7 heteroatoms. The number of nitrogens with one attached hydrogen (secondary N) is 2. The molecule has 2 aromatic carbocycles. The number of hydrogen-bond acceptors (Lipinski definition) is 4. The number of aryl methyl sites for hydroxylation is 1. The molecule has 0 saturated heterocycles. The zero-order valence-corrected chi connectivity index (χ0v) is 15.1. The highest BCUT2D eigenvalue weighted by atomic mass is 32.1. The van der Waals surface area contributed by atoms with Gasteiger partial charge in [0, 0.05) is 24.0 Å². The SMILES string of the molecule is Cc1csc(=O)n1CCC(=O)NNC(=O)Cc1cccc2ccccc12. The lowest BCUT2D eigenvalue weighted by atomic mass is 10.0. The molecule has 0 unspecified atom stereocenters. The highest BCUT2D eigenvalue weighted by molar-refractivity contribution is 7.07. The lowest BCUT2D eigenvalue weighted by Crippen LogP contribution is -2.42. The zero-order valence-electron chi connectivity index (χ0n) is 14.3. The Morgan fingerprint density at radius 1 is 1.04 bits per heavy atom. The first-order valence-electron chi connectivity index (χ1n) is 8.24. The van der Waals surface area contributed by atoms with Gasteiger partial charge in [0.05, 0.1) is 6.42 Å². The highest BCUT2D eigenvalue weighted by Gasteiger charge is 2.09. The van der Waals surface area contributed by atoms with Gasteiger partial charge >= 0.3 is 4.87 Å². The molecule has 3 aromatic rings. The quantitative estimate of drug-likeness (QED) is 0.676. The normalized spacial score (nSPS) is 10.7. The van der Waals surface area contributed by atoms with Crippen LogP contribution in [0.5, 0.6) is 0 Å². The van der Waals surface area contributed by atoms with Crippen molar-refractivity contribution in [1.82, 2.24) is 15.4 Å². The predicted octanol–water partition coefficient (Wildman–Crippen LogP) is 2.15. The zero-order chi connectivity index (χ0) is 18.5. The first kappa shape index (κ1) is 17.9. The average molecular weight is 369 g/mol. The van der Waals surface area contributed by atoms with Crippen molar-refractivity contribution in [2.45, 2.75) is 26.3 Å². The molecular weight excluding hydrogens is 350 g/mol. The summed E-state index contributed by atoms with van der Waals surface area (Å²) < 4.78 is 1.54. The van der Waals surface area contributed by atoms with E-state index in [1.165, 1.54) is 0 Å². The van der Waals surface area contributed by atoms with Crippen molar-refractivity contribution in [2.24, 2.45) is 0 Å². The standard InChI is InChI=1S/C19H19N3O3S/c1-13-12-26-19(25)22(13)10-9-17(23)20-21-18(24)11-15-7-4-6-14-5-2-3-8-16(14)15/h2-8,12H,9-11H2,1H3,(H,20,23)(H,21,24). The molecule has 0 spiro atoms. The van der Waals surface area contributed by atoms with Crippen LogP contribution >= 0.6 is 11.3 Å². The highest BCUT2D eigenvalue weighted by Crippen LogP contribution is 2.18. The third kappa shape index (κ3) is 4.18. The number of aromatic nitrogens is 1. The molecule has 0 atom stereocenters. The Labute approximate surface area is 154 Å². The van der Waals surface area contributed by atoms with Crippen molar-refractivity contribution in [3.05, 3.63) is 68.8 Å². The van der Waals surface area contributed by atoms with E-state index in [1.807, 2.05) is 49.4 Å². The Hall–Kier alpha value is -2.93. The summed E-state index contributed by atoms with van der Waals surface area (Å²) in [5, 5.41) is 3.84. The molecule has 0 aliphatic heterocycles. The number of carbonyl (C=O) groups is 2. The lowest BCUT2D eigenvalue weighted by Gasteiger charge is -2.09. The van der Waals surface area contributed by atoms with Crippen LogP contribution in [0.2, 0.25) is 0 Å². The second-order valence-corrected chi connectivity index (χ2v) is 6.78. The van der Waals surface area contributed by atoms with E-state index < -0.39 is 0 Å². The topological polar surface area (TPSA) is 80.2 Å². The van der Waals surface area contributed by atoms with E-state index in [-0.39, 0.29) is 29.5 Å². The maximum Gasteiger partial charge on any atom is 0.307 e. The number of nitrogens with zero attached hydrogens (tertiary/aromatic N) is 1. The molecule has 134 valence electrons. The number of carbonyl (C=O) groups excluding carboxylic acids is 2. The molecule has 6 nitrogen and oxygen atoms in total. The Morgan fingerprint density at radius 3 is 2.54 bits per heavy atom. The summed E-state index contributed by atoms with van der Waals surface area (Å²) in [6.45, 7) is 2.11. The molecule has 0 saturated carbocycles. The van der Waals surface area contributed by atoms with Crippen LogP contribution in [0.4, 0.5) is 0 Å². The average Bonchev–Trinajstić information content (AvgIpc) is 2.96. The van der Waals surface area contributed by atoms with E-state index >= 15 is 0 Å². The van der Waals surface area contributed by atoms with Gasteiger partial charge < -0.3 is 4.57 Å². The van der Waals surface area contributed by atoms with Crippen molar-refractivity contribution in [2.75, 3.05) is 0 Å². The Kier molecular flexibility index (Phi) is 5.48. The molecule has 0 aliphatic carbocycles. The molecule has 1 heterocycles. The summed E-state index contributed by atoms with van der Waals surface area (Å²) in [5.74, 6) is -0.632. The fourth-order valence-corrected chi connectivity index (χ4v) is 3.51. The van der Waals surface area contributed by atoms with Gasteiger partial charge in [-0.25, -0.2) is 0 Å². The van der Waals surface area contributed by atoms with Gasteiger partial charge in [-0.05, 0) is 23.3 Å². The first-order chi connectivity index (χ1) is 12.5. The molecule has 3 rings (SSSR count). The number of hydrogen-bond donors (Lipinski definition) is 2. The van der Waals surface area contributed by atoms with Crippen LogP contribution in [0.25, 0.3) is 10.8 Å². The van der Waals surface area contributed by atoms with Crippen molar-refractivity contribution >= 4 is 33.9 Å². The van der Waals surface area contributed by atoms with Crippen molar-refractivity contribution in [1.29, 1.82) is 0 Å². The summed E-state index contributed by atoms with van der Waals surface area (Å²) in [7, 11) is 0. The van der Waals surface area contributed by atoms with Gasteiger partial charge in [-0.1, -0.05) is 53.8 Å². The molecule has 0 radical (unpaired) electrons. The van der Waals surface area contributed by atoms with Crippen molar-refractivity contribution in [3.8, 4) is 0 Å².